The summed E-state index contributed by atoms with van der Waals surface area (Å²) in [5.41, 5.74) is 2.98. The van der Waals surface area contributed by atoms with Gasteiger partial charge in [0.05, 0.1) is 17.9 Å². The number of ether oxygens (including phenoxy) is 1. The van der Waals surface area contributed by atoms with Gasteiger partial charge in [-0.15, -0.1) is 0 Å². The monoisotopic (exact) mass is 420 g/mol. The van der Waals surface area contributed by atoms with E-state index < -0.39 is 17.7 Å². The molecule has 4 aromatic rings. The number of benzene rings is 1. The highest BCUT2D eigenvalue weighted by Crippen LogP contribution is 2.37. The molecule has 156 valence electrons. The maximum Gasteiger partial charge on any atom is 0.169 e. The number of nitrogens with zero attached hydrogens (tertiary/aromatic N) is 5. The molecular formula is C22H18F2N6O. The van der Waals surface area contributed by atoms with Crippen LogP contribution < -0.4 is 10.1 Å². The van der Waals surface area contributed by atoms with Crippen LogP contribution in [0.1, 0.15) is 18.5 Å². The van der Waals surface area contributed by atoms with Crippen molar-refractivity contribution < 1.29 is 13.5 Å². The molecule has 1 unspecified atom stereocenters. The van der Waals surface area contributed by atoms with Crippen LogP contribution in [0.4, 0.5) is 14.6 Å². The van der Waals surface area contributed by atoms with Gasteiger partial charge in [-0.25, -0.2) is 13.8 Å². The van der Waals surface area contributed by atoms with Gasteiger partial charge in [0, 0.05) is 36.3 Å². The third-order valence-corrected chi connectivity index (χ3v) is 5.12. The Labute approximate surface area is 176 Å². The Morgan fingerprint density at radius 1 is 1.10 bits per heavy atom. The van der Waals surface area contributed by atoms with Crippen LogP contribution in [0, 0.1) is 11.6 Å². The number of nitrogens with one attached hydrogen (secondary N) is 1. The Kier molecular flexibility index (Phi) is 4.78. The first-order valence-corrected chi connectivity index (χ1v) is 9.82. The quantitative estimate of drug-likeness (QED) is 0.532. The van der Waals surface area contributed by atoms with Crippen molar-refractivity contribution in [1.82, 2.24) is 24.7 Å². The van der Waals surface area contributed by atoms with E-state index in [0.717, 1.165) is 11.3 Å². The summed E-state index contributed by atoms with van der Waals surface area (Å²) in [6.07, 6.45) is 6.57. The van der Waals surface area contributed by atoms with Gasteiger partial charge in [-0.3, -0.25) is 14.6 Å². The molecule has 1 aliphatic rings. The summed E-state index contributed by atoms with van der Waals surface area (Å²) in [6.45, 7) is 2.72. The molecule has 0 amide bonds. The minimum atomic E-state index is -0.670. The highest BCUT2D eigenvalue weighted by atomic mass is 19.1. The number of rotatable bonds is 4. The van der Waals surface area contributed by atoms with Crippen LogP contribution in [-0.2, 0) is 6.54 Å². The number of hydrogen-bond acceptors (Lipinski definition) is 6. The third-order valence-electron chi connectivity index (χ3n) is 5.12. The van der Waals surface area contributed by atoms with Gasteiger partial charge >= 0.3 is 0 Å². The fourth-order valence-corrected chi connectivity index (χ4v) is 3.63. The van der Waals surface area contributed by atoms with Gasteiger partial charge in [0.2, 0.25) is 0 Å². The summed E-state index contributed by atoms with van der Waals surface area (Å²) in [5, 5.41) is 7.68. The zero-order valence-corrected chi connectivity index (χ0v) is 16.6. The lowest BCUT2D eigenvalue weighted by molar-refractivity contribution is 0.279. The largest absolute Gasteiger partial charge is 0.487 e. The number of aromatic nitrogens is 5. The number of aryl methyl sites for hydroxylation is 1. The third kappa shape index (κ3) is 3.48. The van der Waals surface area contributed by atoms with Crippen LogP contribution in [0.25, 0.3) is 22.6 Å². The molecule has 0 saturated heterocycles. The molecule has 0 radical (unpaired) electrons. The predicted octanol–water partition coefficient (Wildman–Crippen LogP) is 4.25. The van der Waals surface area contributed by atoms with E-state index in [1.807, 2.05) is 23.7 Å². The smallest absolute Gasteiger partial charge is 0.169 e. The van der Waals surface area contributed by atoms with Gasteiger partial charge in [0.15, 0.2) is 11.6 Å². The molecule has 9 heteroatoms. The predicted molar refractivity (Wildman–Crippen MR) is 110 cm³/mol. The number of hydrogen-bond donors (Lipinski definition) is 1. The first-order valence-electron chi connectivity index (χ1n) is 9.82. The van der Waals surface area contributed by atoms with Crippen LogP contribution in [-0.4, -0.2) is 31.3 Å². The SMILES string of the molecule is CCn1nc(-c2cnccn2)cc1-c1cnc2c(c1)OCC(c1c(F)cccc1F)N2. The number of anilines is 1. The average molecular weight is 420 g/mol. The van der Waals surface area contributed by atoms with Gasteiger partial charge in [0.25, 0.3) is 0 Å². The molecule has 3 aromatic heterocycles. The maximum atomic E-state index is 14.1. The van der Waals surface area contributed by atoms with Crippen molar-refractivity contribution in [2.75, 3.05) is 11.9 Å². The standard InChI is InChI=1S/C22H18F2N6O/c1-2-30-19(9-16(29-30)17-11-25-6-7-26-17)13-8-20-22(27-10-13)28-18(12-31-20)21-14(23)4-3-5-15(21)24/h3-11,18H,2,12H2,1H3,(H,27,28). The molecule has 1 N–H and O–H groups in total. The van der Waals surface area contributed by atoms with Crippen molar-refractivity contribution in [3.63, 3.8) is 0 Å². The Bertz CT molecular complexity index is 1220. The highest BCUT2D eigenvalue weighted by molar-refractivity contribution is 5.70. The van der Waals surface area contributed by atoms with Gasteiger partial charge < -0.3 is 10.1 Å². The molecule has 5 rings (SSSR count). The summed E-state index contributed by atoms with van der Waals surface area (Å²) < 4.78 is 36.0. The van der Waals surface area contributed by atoms with Gasteiger partial charge in [-0.2, -0.15) is 5.10 Å². The van der Waals surface area contributed by atoms with E-state index in [-0.39, 0.29) is 12.2 Å². The molecule has 1 aliphatic heterocycles. The highest BCUT2D eigenvalue weighted by Gasteiger charge is 2.27. The van der Waals surface area contributed by atoms with Crippen molar-refractivity contribution in [1.29, 1.82) is 0 Å². The lowest BCUT2D eigenvalue weighted by Crippen LogP contribution is -2.26. The fraction of sp³-hybridized carbons (Fsp3) is 0.182. The van der Waals surface area contributed by atoms with Crippen LogP contribution >= 0.6 is 0 Å². The van der Waals surface area contributed by atoms with Gasteiger partial charge in [-0.05, 0) is 31.2 Å². The molecule has 0 aliphatic carbocycles. The minimum Gasteiger partial charge on any atom is -0.487 e. The Morgan fingerprint density at radius 3 is 2.68 bits per heavy atom. The van der Waals surface area contributed by atoms with Gasteiger partial charge in [0.1, 0.15) is 29.6 Å². The normalized spacial score (nSPS) is 15.1. The topological polar surface area (TPSA) is 77.8 Å². The Balaban J connectivity index is 1.47. The average Bonchev–Trinajstić information content (AvgIpc) is 3.24. The molecule has 0 fully saturated rings. The molecule has 7 nitrogen and oxygen atoms in total. The number of pyridine rings is 1. The molecular weight excluding hydrogens is 402 g/mol. The number of fused-ring (bicyclic) bond motifs is 1. The molecule has 1 atom stereocenters. The van der Waals surface area contributed by atoms with Crippen molar-refractivity contribution >= 4 is 5.82 Å². The molecule has 0 bridgehead atoms. The van der Waals surface area contributed by atoms with Gasteiger partial charge in [-0.1, -0.05) is 6.07 Å². The maximum absolute atomic E-state index is 14.1. The summed E-state index contributed by atoms with van der Waals surface area (Å²) in [6, 6.07) is 6.89. The van der Waals surface area contributed by atoms with Crippen molar-refractivity contribution in [2.24, 2.45) is 0 Å². The van der Waals surface area contributed by atoms with Crippen LogP contribution in [0.5, 0.6) is 5.75 Å². The second-order valence-corrected chi connectivity index (χ2v) is 7.04. The summed E-state index contributed by atoms with van der Waals surface area (Å²) in [7, 11) is 0. The van der Waals surface area contributed by atoms with Crippen LogP contribution in [0.3, 0.4) is 0 Å². The van der Waals surface area contributed by atoms with Crippen molar-refractivity contribution in [3.8, 4) is 28.4 Å². The van der Waals surface area contributed by atoms with Crippen LogP contribution in [0.15, 0.2) is 55.1 Å². The van der Waals surface area contributed by atoms with Crippen LogP contribution in [0.2, 0.25) is 0 Å². The van der Waals surface area contributed by atoms with E-state index in [4.69, 9.17) is 4.74 Å². The first-order chi connectivity index (χ1) is 15.1. The minimum absolute atomic E-state index is 0.0586. The Hall–Kier alpha value is -3.88. The number of halogens is 2. The summed E-state index contributed by atoms with van der Waals surface area (Å²) in [4.78, 5) is 12.8. The second kappa shape index (κ2) is 7.75. The summed E-state index contributed by atoms with van der Waals surface area (Å²) >= 11 is 0. The van der Waals surface area contributed by atoms with E-state index in [9.17, 15) is 8.78 Å². The molecule has 0 saturated carbocycles. The fourth-order valence-electron chi connectivity index (χ4n) is 3.63. The molecule has 4 heterocycles. The Morgan fingerprint density at radius 2 is 1.94 bits per heavy atom. The molecule has 1 aromatic carbocycles. The zero-order chi connectivity index (χ0) is 21.4. The van der Waals surface area contributed by atoms with E-state index in [1.54, 1.807) is 24.8 Å². The molecule has 31 heavy (non-hydrogen) atoms. The van der Waals surface area contributed by atoms with E-state index in [1.165, 1.54) is 18.2 Å². The summed E-state index contributed by atoms with van der Waals surface area (Å²) in [5.74, 6) is -0.302. The van der Waals surface area contributed by atoms with E-state index in [0.29, 0.717) is 29.5 Å². The van der Waals surface area contributed by atoms with E-state index >= 15 is 0 Å². The second-order valence-electron chi connectivity index (χ2n) is 7.04. The zero-order valence-electron chi connectivity index (χ0n) is 16.6. The van der Waals surface area contributed by atoms with Crippen molar-refractivity contribution in [3.05, 3.63) is 72.3 Å². The lowest BCUT2D eigenvalue weighted by Gasteiger charge is -2.27. The van der Waals surface area contributed by atoms with Crippen molar-refractivity contribution in [2.45, 2.75) is 19.5 Å². The lowest BCUT2D eigenvalue weighted by atomic mass is 10.0. The van der Waals surface area contributed by atoms with E-state index in [2.05, 4.69) is 25.4 Å². The first kappa shape index (κ1) is 19.1. The molecule has 0 spiro atoms.